The third kappa shape index (κ3) is 3.32. The molecule has 1 N–H and O–H groups in total. The highest BCUT2D eigenvalue weighted by atomic mass is 35.5. The lowest BCUT2D eigenvalue weighted by atomic mass is 10.0. The van der Waals surface area contributed by atoms with Gasteiger partial charge >= 0.3 is 0 Å². The smallest absolute Gasteiger partial charge is 0.129 e. The molecule has 1 atom stereocenters. The van der Waals surface area contributed by atoms with Crippen molar-refractivity contribution < 1.29 is 8.78 Å². The van der Waals surface area contributed by atoms with Crippen LogP contribution < -0.4 is 5.32 Å². The van der Waals surface area contributed by atoms with Crippen LogP contribution in [0.2, 0.25) is 5.02 Å². The lowest BCUT2D eigenvalue weighted by Gasteiger charge is -2.34. The lowest BCUT2D eigenvalue weighted by Crippen LogP contribution is -2.46. The maximum Gasteiger partial charge on any atom is 0.129 e. The third-order valence-electron chi connectivity index (χ3n) is 3.07. The molecule has 0 aromatic heterocycles. The van der Waals surface area contributed by atoms with E-state index in [1.54, 1.807) is 6.07 Å². The van der Waals surface area contributed by atoms with Crippen molar-refractivity contribution in [2.45, 2.75) is 6.04 Å². The normalized spacial score (nSPS) is 18.2. The number of nitrogens with zero attached hydrogens (tertiary/aromatic N) is 1. The Morgan fingerprint density at radius 2 is 2.00 bits per heavy atom. The maximum atomic E-state index is 13.7. The van der Waals surface area contributed by atoms with E-state index < -0.39 is 18.5 Å². The van der Waals surface area contributed by atoms with E-state index in [0.29, 0.717) is 18.1 Å². The molecule has 1 aliphatic heterocycles. The molecule has 1 aliphatic rings. The molecule has 0 saturated carbocycles. The summed E-state index contributed by atoms with van der Waals surface area (Å²) in [5, 5.41) is 3.48. The van der Waals surface area contributed by atoms with Crippen LogP contribution >= 0.6 is 24.0 Å². The van der Waals surface area contributed by atoms with Crippen molar-refractivity contribution in [3.63, 3.8) is 0 Å². The zero-order valence-corrected chi connectivity index (χ0v) is 11.4. The van der Waals surface area contributed by atoms with E-state index in [1.807, 2.05) is 4.90 Å². The van der Waals surface area contributed by atoms with Crippen LogP contribution in [0.4, 0.5) is 8.78 Å². The summed E-state index contributed by atoms with van der Waals surface area (Å²) in [6.45, 7) is 2.38. The summed E-state index contributed by atoms with van der Waals surface area (Å²) in [6.07, 6.45) is 0. The van der Waals surface area contributed by atoms with Crippen molar-refractivity contribution in [3.8, 4) is 0 Å². The van der Waals surface area contributed by atoms with Crippen LogP contribution in [0.25, 0.3) is 0 Å². The second-order valence-electron chi connectivity index (χ2n) is 4.09. The Bertz CT molecular complexity index is 364. The van der Waals surface area contributed by atoms with Gasteiger partial charge in [-0.05, 0) is 12.1 Å². The predicted molar refractivity (Wildman–Crippen MR) is 71.8 cm³/mol. The van der Waals surface area contributed by atoms with Crippen LogP contribution in [0.5, 0.6) is 0 Å². The Hall–Kier alpha value is -0.420. The van der Waals surface area contributed by atoms with Crippen LogP contribution in [0.3, 0.4) is 0 Å². The van der Waals surface area contributed by atoms with E-state index in [4.69, 9.17) is 11.6 Å². The minimum Gasteiger partial charge on any atom is -0.314 e. The number of benzene rings is 1. The largest absolute Gasteiger partial charge is 0.314 e. The topological polar surface area (TPSA) is 15.3 Å². The second-order valence-corrected chi connectivity index (χ2v) is 4.50. The molecule has 6 heteroatoms. The Morgan fingerprint density at radius 3 is 2.56 bits per heavy atom. The summed E-state index contributed by atoms with van der Waals surface area (Å²) in [5.74, 6) is -0.432. The Morgan fingerprint density at radius 1 is 1.33 bits per heavy atom. The number of nitrogens with one attached hydrogen (secondary N) is 1. The summed E-state index contributed by atoms with van der Waals surface area (Å²) in [5.41, 5.74) is 0.276. The van der Waals surface area contributed by atoms with E-state index in [2.05, 4.69) is 5.32 Å². The number of alkyl halides is 1. The number of hydrogen-bond acceptors (Lipinski definition) is 2. The van der Waals surface area contributed by atoms with Gasteiger partial charge in [-0.25, -0.2) is 8.78 Å². The van der Waals surface area contributed by atoms with Gasteiger partial charge in [0.25, 0.3) is 0 Å². The first kappa shape index (κ1) is 15.6. The molecule has 0 unspecified atom stereocenters. The van der Waals surface area contributed by atoms with Gasteiger partial charge in [0.2, 0.25) is 0 Å². The van der Waals surface area contributed by atoms with Gasteiger partial charge in [-0.1, -0.05) is 17.7 Å². The third-order valence-corrected chi connectivity index (χ3v) is 3.40. The zero-order chi connectivity index (χ0) is 12.3. The summed E-state index contributed by atoms with van der Waals surface area (Å²) in [4.78, 5) is 1.93. The number of halogens is 4. The minimum atomic E-state index is -0.624. The molecule has 2 nitrogen and oxygen atoms in total. The molecule has 0 radical (unpaired) electrons. The monoisotopic (exact) mass is 296 g/mol. The first-order chi connectivity index (χ1) is 8.24. The highest BCUT2D eigenvalue weighted by Gasteiger charge is 2.26. The molecule has 0 amide bonds. The quantitative estimate of drug-likeness (QED) is 0.923. The van der Waals surface area contributed by atoms with Crippen molar-refractivity contribution in [1.29, 1.82) is 0 Å². The molecular weight excluding hydrogens is 281 g/mol. The molecular formula is C12H16Cl2F2N2. The van der Waals surface area contributed by atoms with Gasteiger partial charge in [-0.2, -0.15) is 0 Å². The summed E-state index contributed by atoms with van der Waals surface area (Å²) in [7, 11) is 0. The van der Waals surface area contributed by atoms with Gasteiger partial charge in [-0.3, -0.25) is 4.90 Å². The molecule has 0 bridgehead atoms. The Kier molecular flexibility index (Phi) is 6.29. The summed E-state index contributed by atoms with van der Waals surface area (Å²) >= 11 is 5.97. The van der Waals surface area contributed by atoms with Crippen molar-refractivity contribution in [2.24, 2.45) is 0 Å². The molecule has 1 aromatic rings. The van der Waals surface area contributed by atoms with Gasteiger partial charge in [0, 0.05) is 36.8 Å². The van der Waals surface area contributed by atoms with Crippen LogP contribution in [0.1, 0.15) is 11.6 Å². The van der Waals surface area contributed by atoms with E-state index in [-0.39, 0.29) is 18.0 Å². The molecule has 18 heavy (non-hydrogen) atoms. The SMILES string of the molecule is Cl.FC[C@H](c1c(F)cccc1Cl)N1CCNCC1. The van der Waals surface area contributed by atoms with E-state index in [1.165, 1.54) is 12.1 Å². The first-order valence-corrected chi connectivity index (χ1v) is 6.06. The van der Waals surface area contributed by atoms with E-state index >= 15 is 0 Å². The standard InChI is InChI=1S/C12H15ClF2N2.ClH/c13-9-2-1-3-10(15)12(9)11(8-14)17-6-4-16-5-7-17;/h1-3,11,16H,4-8H2;1H/t11-;/m1./s1. The second kappa shape index (κ2) is 7.24. The summed E-state index contributed by atoms with van der Waals surface area (Å²) in [6, 6.07) is 3.89. The fourth-order valence-corrected chi connectivity index (χ4v) is 2.47. The number of piperazine rings is 1. The molecule has 1 aromatic carbocycles. The Labute approximate surface area is 117 Å². The van der Waals surface area contributed by atoms with Crippen LogP contribution in [-0.2, 0) is 0 Å². The average molecular weight is 297 g/mol. The molecule has 1 saturated heterocycles. The first-order valence-electron chi connectivity index (χ1n) is 5.68. The maximum absolute atomic E-state index is 13.7. The van der Waals surface area contributed by atoms with Gasteiger partial charge < -0.3 is 5.32 Å². The van der Waals surface area contributed by atoms with Crippen molar-refractivity contribution in [2.75, 3.05) is 32.9 Å². The number of rotatable bonds is 3. The van der Waals surface area contributed by atoms with Crippen molar-refractivity contribution in [3.05, 3.63) is 34.6 Å². The fraction of sp³-hybridized carbons (Fsp3) is 0.500. The Balaban J connectivity index is 0.00000162. The van der Waals surface area contributed by atoms with Gasteiger partial charge in [0.15, 0.2) is 0 Å². The van der Waals surface area contributed by atoms with Gasteiger partial charge in [-0.15, -0.1) is 12.4 Å². The predicted octanol–water partition coefficient (Wildman–Crippen LogP) is 2.82. The van der Waals surface area contributed by atoms with Gasteiger partial charge in [0.05, 0.1) is 6.04 Å². The summed E-state index contributed by atoms with van der Waals surface area (Å²) < 4.78 is 26.9. The zero-order valence-electron chi connectivity index (χ0n) is 9.83. The molecule has 0 aliphatic carbocycles. The molecule has 1 heterocycles. The van der Waals surface area contributed by atoms with Crippen LogP contribution in [0.15, 0.2) is 18.2 Å². The highest BCUT2D eigenvalue weighted by molar-refractivity contribution is 6.31. The minimum absolute atomic E-state index is 0. The van der Waals surface area contributed by atoms with Crippen LogP contribution in [-0.4, -0.2) is 37.8 Å². The highest BCUT2D eigenvalue weighted by Crippen LogP contribution is 2.30. The van der Waals surface area contributed by atoms with E-state index in [0.717, 1.165) is 13.1 Å². The van der Waals surface area contributed by atoms with Gasteiger partial charge in [0.1, 0.15) is 12.5 Å². The number of hydrogen-bond donors (Lipinski definition) is 1. The van der Waals surface area contributed by atoms with Crippen LogP contribution in [0, 0.1) is 5.82 Å². The van der Waals surface area contributed by atoms with E-state index in [9.17, 15) is 8.78 Å². The van der Waals surface area contributed by atoms with Crippen molar-refractivity contribution >= 4 is 24.0 Å². The molecule has 102 valence electrons. The molecule has 1 fully saturated rings. The molecule has 0 spiro atoms. The average Bonchev–Trinajstić information content (AvgIpc) is 2.35. The molecule has 2 rings (SSSR count). The lowest BCUT2D eigenvalue weighted by molar-refractivity contribution is 0.144. The fourth-order valence-electron chi connectivity index (χ4n) is 2.18. The van der Waals surface area contributed by atoms with Crippen molar-refractivity contribution in [1.82, 2.24) is 10.2 Å².